The van der Waals surface area contributed by atoms with Gasteiger partial charge in [0.1, 0.15) is 0 Å². The van der Waals surface area contributed by atoms with Crippen LogP contribution in [-0.2, 0) is 21.0 Å². The normalized spacial score (nSPS) is 10.3. The summed E-state index contributed by atoms with van der Waals surface area (Å²) in [6, 6.07) is 13.1. The molecule has 0 heterocycles. The summed E-state index contributed by atoms with van der Waals surface area (Å²) in [5.74, 6) is -0.631. The molecule has 0 spiro atoms. The second-order valence-corrected chi connectivity index (χ2v) is 4.55. The van der Waals surface area contributed by atoms with Crippen molar-refractivity contribution in [1.82, 2.24) is 10.5 Å². The summed E-state index contributed by atoms with van der Waals surface area (Å²) >= 11 is 0. The average Bonchev–Trinajstić information content (AvgIpc) is 2.51. The third-order valence-corrected chi connectivity index (χ3v) is 2.93. The first kappa shape index (κ1) is 15.8. The number of carbonyl (C=O) groups excluding carboxylic acids is 2. The van der Waals surface area contributed by atoms with Crippen molar-refractivity contribution in [2.45, 2.75) is 20.4 Å². The van der Waals surface area contributed by atoms with E-state index in [1.807, 2.05) is 42.5 Å². The Bertz CT molecular complexity index is 667. The highest BCUT2D eigenvalue weighted by atomic mass is 17.0. The Labute approximate surface area is 128 Å². The SMILES string of the molecule is CCON(OC(C)=O)C(=O)NCc1cccc2ccccc12. The lowest BCUT2D eigenvalue weighted by Crippen LogP contribution is -2.40. The van der Waals surface area contributed by atoms with Crippen molar-refractivity contribution in [3.8, 4) is 0 Å². The number of amides is 2. The van der Waals surface area contributed by atoms with Crippen molar-refractivity contribution in [3.63, 3.8) is 0 Å². The van der Waals surface area contributed by atoms with Gasteiger partial charge in [-0.2, -0.15) is 0 Å². The van der Waals surface area contributed by atoms with Crippen molar-refractivity contribution in [2.24, 2.45) is 0 Å². The van der Waals surface area contributed by atoms with E-state index in [9.17, 15) is 9.59 Å². The van der Waals surface area contributed by atoms with E-state index in [2.05, 4.69) is 10.2 Å². The maximum Gasteiger partial charge on any atom is 0.377 e. The van der Waals surface area contributed by atoms with Gasteiger partial charge in [-0.15, -0.1) is 0 Å². The van der Waals surface area contributed by atoms with Crippen LogP contribution in [0.2, 0.25) is 0 Å². The molecule has 2 rings (SSSR count). The number of urea groups is 1. The molecule has 2 aromatic carbocycles. The van der Waals surface area contributed by atoms with E-state index in [0.29, 0.717) is 11.8 Å². The third-order valence-electron chi connectivity index (χ3n) is 2.93. The van der Waals surface area contributed by atoms with Crippen LogP contribution in [0.15, 0.2) is 42.5 Å². The van der Waals surface area contributed by atoms with Gasteiger partial charge < -0.3 is 10.2 Å². The number of benzene rings is 2. The molecule has 0 aliphatic heterocycles. The molecule has 0 saturated carbocycles. The summed E-state index contributed by atoms with van der Waals surface area (Å²) in [6.45, 7) is 3.39. The molecule has 0 radical (unpaired) electrons. The molecule has 0 fully saturated rings. The fourth-order valence-corrected chi connectivity index (χ4v) is 2.04. The van der Waals surface area contributed by atoms with Crippen LogP contribution in [0.1, 0.15) is 19.4 Å². The second-order valence-electron chi connectivity index (χ2n) is 4.55. The molecule has 0 aromatic heterocycles. The highest BCUT2D eigenvalue weighted by Crippen LogP contribution is 2.18. The Balaban J connectivity index is 2.07. The van der Waals surface area contributed by atoms with Gasteiger partial charge in [-0.3, -0.25) is 0 Å². The van der Waals surface area contributed by atoms with E-state index in [1.165, 1.54) is 6.92 Å². The van der Waals surface area contributed by atoms with Crippen molar-refractivity contribution in [1.29, 1.82) is 0 Å². The number of hydrogen-bond donors (Lipinski definition) is 1. The lowest BCUT2D eigenvalue weighted by molar-refractivity contribution is -0.304. The molecule has 22 heavy (non-hydrogen) atoms. The maximum atomic E-state index is 12.0. The number of hydrogen-bond acceptors (Lipinski definition) is 4. The Morgan fingerprint density at radius 2 is 1.86 bits per heavy atom. The van der Waals surface area contributed by atoms with Crippen LogP contribution in [0.25, 0.3) is 10.8 Å². The van der Waals surface area contributed by atoms with Crippen molar-refractivity contribution in [2.75, 3.05) is 6.61 Å². The molecule has 116 valence electrons. The number of nitrogens with zero attached hydrogens (tertiary/aromatic N) is 1. The zero-order valence-electron chi connectivity index (χ0n) is 12.5. The van der Waals surface area contributed by atoms with Gasteiger partial charge in [0.25, 0.3) is 0 Å². The topological polar surface area (TPSA) is 67.9 Å². The van der Waals surface area contributed by atoms with E-state index >= 15 is 0 Å². The molecule has 1 N–H and O–H groups in total. The molecule has 2 amide bonds. The van der Waals surface area contributed by atoms with Gasteiger partial charge in [0.05, 0.1) is 6.61 Å². The molecule has 0 saturated heterocycles. The molecule has 6 nitrogen and oxygen atoms in total. The summed E-state index contributed by atoms with van der Waals surface area (Å²) in [4.78, 5) is 32.6. The van der Waals surface area contributed by atoms with Gasteiger partial charge >= 0.3 is 12.0 Å². The first-order valence-electron chi connectivity index (χ1n) is 6.98. The minimum absolute atomic E-state index is 0.203. The predicted octanol–water partition coefficient (Wildman–Crippen LogP) is 2.78. The van der Waals surface area contributed by atoms with E-state index in [1.54, 1.807) is 6.92 Å². The summed E-state index contributed by atoms with van der Waals surface area (Å²) < 4.78 is 0. The Hall–Kier alpha value is -2.60. The number of hydroxylamine groups is 2. The minimum Gasteiger partial charge on any atom is -0.330 e. The Morgan fingerprint density at radius 3 is 2.59 bits per heavy atom. The van der Waals surface area contributed by atoms with E-state index < -0.39 is 12.0 Å². The number of carbonyl (C=O) groups is 2. The summed E-state index contributed by atoms with van der Waals surface area (Å²) in [7, 11) is 0. The summed E-state index contributed by atoms with van der Waals surface area (Å²) in [6.07, 6.45) is 0. The van der Waals surface area contributed by atoms with Crippen LogP contribution < -0.4 is 5.32 Å². The Morgan fingerprint density at radius 1 is 1.14 bits per heavy atom. The summed E-state index contributed by atoms with van der Waals surface area (Å²) in [5, 5.41) is 5.38. The van der Waals surface area contributed by atoms with Gasteiger partial charge in [-0.25, -0.2) is 14.4 Å². The Kier molecular flexibility index (Phi) is 5.32. The van der Waals surface area contributed by atoms with E-state index in [0.717, 1.165) is 16.3 Å². The second kappa shape index (κ2) is 7.42. The molecule has 6 heteroatoms. The van der Waals surface area contributed by atoms with Gasteiger partial charge in [0.2, 0.25) is 0 Å². The minimum atomic E-state index is -0.634. The largest absolute Gasteiger partial charge is 0.377 e. The zero-order valence-corrected chi connectivity index (χ0v) is 12.5. The molecule has 0 bridgehead atoms. The lowest BCUT2D eigenvalue weighted by Gasteiger charge is -2.19. The molecule has 0 aliphatic carbocycles. The number of fused-ring (bicyclic) bond motifs is 1. The fourth-order valence-electron chi connectivity index (χ4n) is 2.04. The van der Waals surface area contributed by atoms with Crippen LogP contribution in [0.4, 0.5) is 4.79 Å². The third kappa shape index (κ3) is 3.95. The van der Waals surface area contributed by atoms with Crippen LogP contribution in [-0.4, -0.2) is 23.8 Å². The molecule has 0 unspecified atom stereocenters. The van der Waals surface area contributed by atoms with Crippen LogP contribution >= 0.6 is 0 Å². The van der Waals surface area contributed by atoms with Gasteiger partial charge in [0, 0.05) is 13.5 Å². The molecular weight excluding hydrogens is 284 g/mol. The van der Waals surface area contributed by atoms with Crippen molar-refractivity contribution in [3.05, 3.63) is 48.0 Å². The zero-order chi connectivity index (χ0) is 15.9. The molecule has 0 aliphatic rings. The predicted molar refractivity (Wildman–Crippen MR) is 81.4 cm³/mol. The molecule has 2 aromatic rings. The van der Waals surface area contributed by atoms with Crippen LogP contribution in [0.3, 0.4) is 0 Å². The highest BCUT2D eigenvalue weighted by molar-refractivity contribution is 5.86. The molecular formula is C16H18N2O4. The molecule has 0 atom stereocenters. The summed E-state index contributed by atoms with van der Waals surface area (Å²) in [5.41, 5.74) is 0.964. The quantitative estimate of drug-likeness (QED) is 0.882. The first-order valence-corrected chi connectivity index (χ1v) is 6.98. The smallest absolute Gasteiger partial charge is 0.330 e. The van der Waals surface area contributed by atoms with Crippen LogP contribution in [0.5, 0.6) is 0 Å². The van der Waals surface area contributed by atoms with E-state index in [4.69, 9.17) is 4.84 Å². The monoisotopic (exact) mass is 302 g/mol. The number of nitrogens with one attached hydrogen (secondary N) is 1. The fraction of sp³-hybridized carbons (Fsp3) is 0.250. The van der Waals surface area contributed by atoms with Gasteiger partial charge in [-0.1, -0.05) is 42.5 Å². The lowest BCUT2D eigenvalue weighted by atomic mass is 10.0. The standard InChI is InChI=1S/C16H18N2O4/c1-3-21-18(22-12(2)19)16(20)17-11-14-9-6-8-13-7-4-5-10-15(13)14/h4-10H,3,11H2,1-2H3,(H,17,20). The maximum absolute atomic E-state index is 12.0. The highest BCUT2D eigenvalue weighted by Gasteiger charge is 2.17. The van der Waals surface area contributed by atoms with Crippen LogP contribution in [0, 0.1) is 0 Å². The first-order chi connectivity index (χ1) is 10.6. The number of rotatable bonds is 4. The van der Waals surface area contributed by atoms with Gasteiger partial charge in [-0.05, 0) is 28.5 Å². The van der Waals surface area contributed by atoms with Gasteiger partial charge in [0.15, 0.2) is 0 Å². The van der Waals surface area contributed by atoms with Crippen molar-refractivity contribution >= 4 is 22.8 Å². The van der Waals surface area contributed by atoms with Crippen molar-refractivity contribution < 1.29 is 19.3 Å². The van der Waals surface area contributed by atoms with E-state index in [-0.39, 0.29) is 6.61 Å². The average molecular weight is 302 g/mol.